The number of hydrogen-bond donors (Lipinski definition) is 4. The van der Waals surface area contributed by atoms with Crippen LogP contribution in [0.5, 0.6) is 17.2 Å². The largest absolute Gasteiger partial charge is 1.00 e. The van der Waals surface area contributed by atoms with Gasteiger partial charge in [0.1, 0.15) is 79.1 Å². The zero-order valence-electron chi connectivity index (χ0n) is 41.9. The van der Waals surface area contributed by atoms with Crippen LogP contribution in [0.3, 0.4) is 0 Å². The number of phenolic OH excluding ortho intramolecular Hbond substituents is 2. The Bertz CT molecular complexity index is 4150. The van der Waals surface area contributed by atoms with Crippen LogP contribution < -0.4 is 168 Å². The summed E-state index contributed by atoms with van der Waals surface area (Å²) in [6.45, 7) is 0.766. The quantitative estimate of drug-likeness (QED) is 0.0421. The molecule has 29 nitrogen and oxygen atoms in total. The minimum Gasteiger partial charge on any atom is -0.744 e. The van der Waals surface area contributed by atoms with Crippen molar-refractivity contribution in [2.45, 2.75) is 24.5 Å². The molecule has 39 heteroatoms. The van der Waals surface area contributed by atoms with Crippen LogP contribution in [-0.4, -0.2) is 123 Å². The standard InChI is InChI=1S/C40H34N10O19S5.5Na/c1-68-23-7-9-27(30(18-23)72(59,60)61)47-48-34-31(73(62,63)64)16-20-14-22(6-8-25(20)36(34)51)41-38-43-39(45-40(44-38)50-10-12-69-13-11-50)42-28-19-24(70(53,54)55)15-21-17-32(74(65,66)67)35(37(52)33(21)28)49-46-26-4-2-3-5-29(26)71(56,57)58;;;;;/h2-9,14-19,51-52H,10-13H2,1H3,(H,53,54,55)(H,56,57,58)(H,59,60,61)(H,62,63,64)(H,65,66,67)(H2,41,42,43,44,45);;;;;/q;5*+1/p-5. The number of ether oxygens (including phenoxy) is 2. The zero-order chi connectivity index (χ0) is 53.7. The molecule has 1 aliphatic rings. The number of methoxy groups -OCH3 is 1. The van der Waals surface area contributed by atoms with Gasteiger partial charge < -0.3 is 58.0 Å². The molecule has 0 radical (unpaired) electrons. The van der Waals surface area contributed by atoms with E-state index in [1.165, 1.54) is 37.4 Å². The van der Waals surface area contributed by atoms with Crippen molar-refractivity contribution in [3.63, 3.8) is 0 Å². The van der Waals surface area contributed by atoms with Crippen molar-refractivity contribution in [2.24, 2.45) is 20.5 Å². The number of anilines is 5. The third kappa shape index (κ3) is 16.6. The first-order valence-electron chi connectivity index (χ1n) is 20.3. The van der Waals surface area contributed by atoms with E-state index < -0.39 is 132 Å². The molecule has 0 amide bonds. The van der Waals surface area contributed by atoms with Crippen LogP contribution in [0.2, 0.25) is 0 Å². The smallest absolute Gasteiger partial charge is 0.744 e. The zero-order valence-corrected chi connectivity index (χ0v) is 55.9. The van der Waals surface area contributed by atoms with Crippen LogP contribution in [0.4, 0.5) is 52.0 Å². The van der Waals surface area contributed by atoms with Crippen molar-refractivity contribution in [3.8, 4) is 17.2 Å². The van der Waals surface area contributed by atoms with Gasteiger partial charge in [-0.1, -0.05) is 12.1 Å². The summed E-state index contributed by atoms with van der Waals surface area (Å²) in [6.07, 6.45) is 0. The number of morpholine rings is 1. The summed E-state index contributed by atoms with van der Waals surface area (Å²) in [5, 5.41) is 41.6. The Kier molecular flexibility index (Phi) is 24.9. The molecule has 1 saturated heterocycles. The van der Waals surface area contributed by atoms with Crippen LogP contribution in [0.1, 0.15) is 0 Å². The van der Waals surface area contributed by atoms with Gasteiger partial charge in [-0.2, -0.15) is 15.0 Å². The van der Waals surface area contributed by atoms with Crippen molar-refractivity contribution in [2.75, 3.05) is 48.9 Å². The van der Waals surface area contributed by atoms with E-state index >= 15 is 0 Å². The number of azo groups is 2. The molecule has 1 aromatic heterocycles. The molecule has 0 unspecified atom stereocenters. The Morgan fingerprint density at radius 1 is 0.557 bits per heavy atom. The number of phenols is 2. The fourth-order valence-corrected chi connectivity index (χ4v) is 10.3. The topological polar surface area (TPSA) is 460 Å². The van der Waals surface area contributed by atoms with E-state index in [1.54, 1.807) is 4.90 Å². The summed E-state index contributed by atoms with van der Waals surface area (Å²) < 4.78 is 195. The Morgan fingerprint density at radius 3 is 1.65 bits per heavy atom. The summed E-state index contributed by atoms with van der Waals surface area (Å²) >= 11 is 0. The summed E-state index contributed by atoms with van der Waals surface area (Å²) in [5.41, 5.74) is -3.80. The second-order valence-corrected chi connectivity index (χ2v) is 22.0. The molecule has 6 aromatic carbocycles. The number of fused-ring (bicyclic) bond motifs is 2. The molecule has 4 N–H and O–H groups in total. The van der Waals surface area contributed by atoms with Gasteiger partial charge in [-0.15, -0.1) is 20.5 Å². The third-order valence-corrected chi connectivity index (χ3v) is 14.8. The number of benzene rings is 6. The van der Waals surface area contributed by atoms with Crippen LogP contribution in [0, 0.1) is 0 Å². The van der Waals surface area contributed by atoms with Crippen LogP contribution >= 0.6 is 0 Å². The van der Waals surface area contributed by atoms with Gasteiger partial charge in [-0.3, -0.25) is 0 Å². The van der Waals surface area contributed by atoms with Crippen molar-refractivity contribution in [1.82, 2.24) is 15.0 Å². The van der Waals surface area contributed by atoms with E-state index in [0.29, 0.717) is 18.2 Å². The molecule has 79 heavy (non-hydrogen) atoms. The maximum Gasteiger partial charge on any atom is 1.00 e. The average Bonchev–Trinajstić information content (AvgIpc) is 3.32. The van der Waals surface area contributed by atoms with Crippen LogP contribution in [0.25, 0.3) is 21.5 Å². The van der Waals surface area contributed by atoms with Crippen molar-refractivity contribution < 1.29 is 232 Å². The number of nitrogens with one attached hydrogen (secondary N) is 2. The number of nitrogens with zero attached hydrogens (tertiary/aromatic N) is 8. The fourth-order valence-electron chi connectivity index (χ4n) is 7.20. The molecule has 0 aliphatic carbocycles. The van der Waals surface area contributed by atoms with Gasteiger partial charge in [0, 0.05) is 29.5 Å². The molecule has 1 aliphatic heterocycles. The summed E-state index contributed by atoms with van der Waals surface area (Å²) in [7, 11) is -25.8. The van der Waals surface area contributed by atoms with E-state index in [0.717, 1.165) is 36.4 Å². The van der Waals surface area contributed by atoms with E-state index in [-0.39, 0.29) is 208 Å². The van der Waals surface area contributed by atoms with Crippen molar-refractivity contribution in [3.05, 3.63) is 84.9 Å². The van der Waals surface area contributed by atoms with Gasteiger partial charge in [0.25, 0.3) is 0 Å². The first-order chi connectivity index (χ1) is 34.6. The van der Waals surface area contributed by atoms with Gasteiger partial charge in [0.15, 0.2) is 11.5 Å². The van der Waals surface area contributed by atoms with Gasteiger partial charge in [0.05, 0.1) is 50.5 Å². The molecular formula is C40H29N10Na5O19S5. The third-order valence-electron chi connectivity index (χ3n) is 10.5. The molecule has 8 rings (SSSR count). The second kappa shape index (κ2) is 27.8. The number of rotatable bonds is 15. The predicted molar refractivity (Wildman–Crippen MR) is 248 cm³/mol. The molecule has 388 valence electrons. The summed E-state index contributed by atoms with van der Waals surface area (Å²) in [5.74, 6) is -3.09. The predicted octanol–water partition coefficient (Wildman–Crippen LogP) is -10.7. The minimum atomic E-state index is -5.66. The van der Waals surface area contributed by atoms with E-state index in [4.69, 9.17) is 9.47 Å². The van der Waals surface area contributed by atoms with Gasteiger partial charge >= 0.3 is 148 Å². The minimum absolute atomic E-state index is 0. The Labute approximate surface area is 559 Å². The summed E-state index contributed by atoms with van der Waals surface area (Å²) in [4.78, 5) is 9.41. The van der Waals surface area contributed by atoms with E-state index in [2.05, 4.69) is 46.0 Å². The first-order valence-corrected chi connectivity index (χ1v) is 27.3. The summed E-state index contributed by atoms with van der Waals surface area (Å²) in [6, 6.07) is 13.7. The monoisotopic (exact) mass is 1230 g/mol. The number of aromatic nitrogens is 3. The van der Waals surface area contributed by atoms with Crippen molar-refractivity contribution >= 4 is 124 Å². The van der Waals surface area contributed by atoms with Gasteiger partial charge in [-0.05, 0) is 83.6 Å². The first kappa shape index (κ1) is 70.6. The molecule has 0 atom stereocenters. The Morgan fingerprint density at radius 2 is 1.09 bits per heavy atom. The molecule has 0 spiro atoms. The molecule has 0 saturated carbocycles. The number of aromatic hydroxyl groups is 2. The molecule has 0 bridgehead atoms. The molecule has 7 aromatic rings. The van der Waals surface area contributed by atoms with Gasteiger partial charge in [-0.25, -0.2) is 42.1 Å². The SMILES string of the molecule is COc1ccc(N=Nc2c(S(=O)(=O)[O-])cc3cc(Nc4nc(Nc5cc(S(=O)(=O)[O-])cc6cc(S(=O)(=O)[O-])c(N=Nc7ccccc7S(=O)(=O)[O-])c(O)c56)nc(N5CCOCC5)n4)ccc3c2O)c(S(=O)(=O)[O-])c1.[Na+].[Na+].[Na+].[Na+].[Na+]. The number of hydrogen-bond acceptors (Lipinski definition) is 29. The van der Waals surface area contributed by atoms with Crippen molar-refractivity contribution in [1.29, 1.82) is 0 Å². The normalized spacial score (nSPS) is 13.2. The van der Waals surface area contributed by atoms with Gasteiger partial charge in [0.2, 0.25) is 17.8 Å². The van der Waals surface area contributed by atoms with E-state index in [9.17, 15) is 75.1 Å². The second-order valence-electron chi connectivity index (χ2n) is 15.3. The maximum atomic E-state index is 12.6. The van der Waals surface area contributed by atoms with Crippen LogP contribution in [-0.2, 0) is 55.3 Å². The van der Waals surface area contributed by atoms with Crippen LogP contribution in [0.15, 0.2) is 130 Å². The molecule has 1 fully saturated rings. The molecule has 2 heterocycles. The Hall–Kier alpha value is -2.64. The Balaban J connectivity index is 0.00000328. The fraction of sp³-hybridized carbons (Fsp3) is 0.125. The average molecular weight is 1230 g/mol. The molecular weight excluding hydrogens is 1200 g/mol. The van der Waals surface area contributed by atoms with E-state index in [1.807, 2.05) is 0 Å². The maximum absolute atomic E-state index is 12.6.